The first-order valence-electron chi connectivity index (χ1n) is 6.40. The number of nitrogens with zero attached hydrogens (tertiary/aromatic N) is 1. The summed E-state index contributed by atoms with van der Waals surface area (Å²) in [5, 5.41) is 0. The minimum Gasteiger partial charge on any atom is -0.385 e. The lowest BCUT2D eigenvalue weighted by Gasteiger charge is -2.37. The lowest BCUT2D eigenvalue weighted by molar-refractivity contribution is -0.0485. The van der Waals surface area contributed by atoms with Crippen molar-refractivity contribution < 1.29 is 9.47 Å². The van der Waals surface area contributed by atoms with Gasteiger partial charge in [-0.2, -0.15) is 23.5 Å². The zero-order valence-electron chi connectivity index (χ0n) is 10.6. The van der Waals surface area contributed by atoms with Crippen LogP contribution in [0.15, 0.2) is 0 Å². The van der Waals surface area contributed by atoms with Crippen molar-refractivity contribution in [1.29, 1.82) is 0 Å². The molecule has 5 heteroatoms. The SMILES string of the molecule is COCCC1CN(C2CSCCSC2)CCO1. The Morgan fingerprint density at radius 3 is 2.76 bits per heavy atom. The van der Waals surface area contributed by atoms with Gasteiger partial charge in [-0.25, -0.2) is 0 Å². The number of hydrogen-bond acceptors (Lipinski definition) is 5. The van der Waals surface area contributed by atoms with Crippen LogP contribution in [0.25, 0.3) is 0 Å². The molecule has 2 heterocycles. The van der Waals surface area contributed by atoms with Crippen molar-refractivity contribution >= 4 is 23.5 Å². The van der Waals surface area contributed by atoms with Gasteiger partial charge in [-0.3, -0.25) is 4.90 Å². The Bertz CT molecular complexity index is 211. The highest BCUT2D eigenvalue weighted by Gasteiger charge is 2.26. The highest BCUT2D eigenvalue weighted by atomic mass is 32.2. The van der Waals surface area contributed by atoms with E-state index in [9.17, 15) is 0 Å². The van der Waals surface area contributed by atoms with Crippen LogP contribution >= 0.6 is 23.5 Å². The van der Waals surface area contributed by atoms with Gasteiger partial charge >= 0.3 is 0 Å². The molecular weight excluding hydrogens is 254 g/mol. The molecule has 0 amide bonds. The minimum absolute atomic E-state index is 0.377. The van der Waals surface area contributed by atoms with Gasteiger partial charge in [0.05, 0.1) is 12.7 Å². The van der Waals surface area contributed by atoms with Crippen molar-refractivity contribution in [2.75, 3.05) is 56.4 Å². The summed E-state index contributed by atoms with van der Waals surface area (Å²) in [4.78, 5) is 2.63. The Hall–Kier alpha value is 0.580. The van der Waals surface area contributed by atoms with E-state index in [2.05, 4.69) is 28.4 Å². The van der Waals surface area contributed by atoms with Crippen LogP contribution in [0.2, 0.25) is 0 Å². The van der Waals surface area contributed by atoms with Gasteiger partial charge in [0, 0.05) is 55.9 Å². The topological polar surface area (TPSA) is 21.7 Å². The molecule has 2 rings (SSSR count). The summed E-state index contributed by atoms with van der Waals surface area (Å²) < 4.78 is 10.9. The molecular formula is C12H23NO2S2. The lowest BCUT2D eigenvalue weighted by Crippen LogP contribution is -2.49. The first kappa shape index (κ1) is 14.0. The van der Waals surface area contributed by atoms with Crippen LogP contribution in [-0.2, 0) is 9.47 Å². The molecule has 0 spiro atoms. The van der Waals surface area contributed by atoms with Gasteiger partial charge < -0.3 is 9.47 Å². The predicted molar refractivity (Wildman–Crippen MR) is 76.2 cm³/mol. The average Bonchev–Trinajstić information content (AvgIpc) is 2.65. The van der Waals surface area contributed by atoms with Crippen molar-refractivity contribution in [1.82, 2.24) is 4.90 Å². The Balaban J connectivity index is 1.78. The van der Waals surface area contributed by atoms with Crippen LogP contribution in [0.1, 0.15) is 6.42 Å². The fourth-order valence-corrected chi connectivity index (χ4v) is 4.94. The number of morpholine rings is 1. The van der Waals surface area contributed by atoms with Gasteiger partial charge in [-0.15, -0.1) is 0 Å². The quantitative estimate of drug-likeness (QED) is 0.775. The Morgan fingerprint density at radius 2 is 2.06 bits per heavy atom. The molecule has 0 aromatic rings. The van der Waals surface area contributed by atoms with Gasteiger partial charge in [-0.1, -0.05) is 0 Å². The maximum absolute atomic E-state index is 5.80. The van der Waals surface area contributed by atoms with Crippen LogP contribution in [0.4, 0.5) is 0 Å². The van der Waals surface area contributed by atoms with E-state index in [1.165, 1.54) is 23.0 Å². The summed E-state index contributed by atoms with van der Waals surface area (Å²) in [5.74, 6) is 5.23. The molecule has 0 N–H and O–H groups in total. The van der Waals surface area contributed by atoms with E-state index in [0.29, 0.717) is 6.10 Å². The lowest BCUT2D eigenvalue weighted by atomic mass is 10.2. The second-order valence-corrected chi connectivity index (χ2v) is 6.87. The Labute approximate surface area is 113 Å². The van der Waals surface area contributed by atoms with Gasteiger partial charge in [0.2, 0.25) is 0 Å². The van der Waals surface area contributed by atoms with Crippen LogP contribution in [0, 0.1) is 0 Å². The molecule has 0 radical (unpaired) electrons. The molecule has 0 aliphatic carbocycles. The molecule has 0 aromatic carbocycles. The fraction of sp³-hybridized carbons (Fsp3) is 1.00. The van der Waals surface area contributed by atoms with E-state index in [4.69, 9.17) is 9.47 Å². The zero-order chi connectivity index (χ0) is 11.9. The van der Waals surface area contributed by atoms with Crippen molar-refractivity contribution in [3.63, 3.8) is 0 Å². The first-order valence-corrected chi connectivity index (χ1v) is 8.71. The third-order valence-corrected chi connectivity index (χ3v) is 5.81. The highest BCUT2D eigenvalue weighted by Crippen LogP contribution is 2.22. The second kappa shape index (κ2) is 7.89. The second-order valence-electron chi connectivity index (χ2n) is 4.57. The molecule has 2 saturated heterocycles. The number of hydrogen-bond donors (Lipinski definition) is 0. The summed E-state index contributed by atoms with van der Waals surface area (Å²) in [7, 11) is 1.76. The molecule has 17 heavy (non-hydrogen) atoms. The van der Waals surface area contributed by atoms with E-state index in [0.717, 1.165) is 38.8 Å². The monoisotopic (exact) mass is 277 g/mol. The van der Waals surface area contributed by atoms with Gasteiger partial charge in [0.15, 0.2) is 0 Å². The van der Waals surface area contributed by atoms with Gasteiger partial charge in [-0.05, 0) is 6.42 Å². The molecule has 2 fully saturated rings. The molecule has 3 nitrogen and oxygen atoms in total. The highest BCUT2D eigenvalue weighted by molar-refractivity contribution is 8.03. The van der Waals surface area contributed by atoms with Crippen LogP contribution in [-0.4, -0.2) is 73.5 Å². The number of methoxy groups -OCH3 is 1. The van der Waals surface area contributed by atoms with Crippen LogP contribution in [0.3, 0.4) is 0 Å². The summed E-state index contributed by atoms with van der Waals surface area (Å²) in [5.41, 5.74) is 0. The molecule has 0 bridgehead atoms. The molecule has 1 unspecified atom stereocenters. The Morgan fingerprint density at radius 1 is 1.29 bits per heavy atom. The van der Waals surface area contributed by atoms with Crippen molar-refractivity contribution in [3.05, 3.63) is 0 Å². The minimum atomic E-state index is 0.377. The largest absolute Gasteiger partial charge is 0.385 e. The molecule has 0 saturated carbocycles. The zero-order valence-corrected chi connectivity index (χ0v) is 12.2. The van der Waals surface area contributed by atoms with E-state index < -0.39 is 0 Å². The summed E-state index contributed by atoms with van der Waals surface area (Å²) in [6, 6.07) is 0.751. The van der Waals surface area contributed by atoms with Crippen LogP contribution in [0.5, 0.6) is 0 Å². The first-order chi connectivity index (χ1) is 8.40. The normalized spacial score (nSPS) is 29.1. The summed E-state index contributed by atoms with van der Waals surface area (Å²) in [6.45, 7) is 3.90. The van der Waals surface area contributed by atoms with E-state index in [1.807, 2.05) is 0 Å². The van der Waals surface area contributed by atoms with Gasteiger partial charge in [0.1, 0.15) is 0 Å². The summed E-state index contributed by atoms with van der Waals surface area (Å²) >= 11 is 4.22. The van der Waals surface area contributed by atoms with E-state index >= 15 is 0 Å². The van der Waals surface area contributed by atoms with Crippen LogP contribution < -0.4 is 0 Å². The molecule has 100 valence electrons. The molecule has 2 aliphatic rings. The maximum Gasteiger partial charge on any atom is 0.0724 e. The summed E-state index contributed by atoms with van der Waals surface area (Å²) in [6.07, 6.45) is 1.40. The molecule has 2 aliphatic heterocycles. The smallest absolute Gasteiger partial charge is 0.0724 e. The van der Waals surface area contributed by atoms with Crippen molar-refractivity contribution in [2.45, 2.75) is 18.6 Å². The predicted octanol–water partition coefficient (Wildman–Crippen LogP) is 1.57. The van der Waals surface area contributed by atoms with E-state index in [1.54, 1.807) is 7.11 Å². The molecule has 1 atom stereocenters. The number of ether oxygens (including phenoxy) is 2. The van der Waals surface area contributed by atoms with E-state index in [-0.39, 0.29) is 0 Å². The van der Waals surface area contributed by atoms with Crippen molar-refractivity contribution in [3.8, 4) is 0 Å². The van der Waals surface area contributed by atoms with Gasteiger partial charge in [0.25, 0.3) is 0 Å². The maximum atomic E-state index is 5.80. The third-order valence-electron chi connectivity index (χ3n) is 3.32. The molecule has 0 aromatic heterocycles. The average molecular weight is 277 g/mol. The standard InChI is InChI=1S/C12H23NO2S2/c1-14-4-2-12-8-13(3-5-15-12)11-9-16-6-7-17-10-11/h11-12H,2-10H2,1H3. The number of rotatable bonds is 4. The fourth-order valence-electron chi connectivity index (χ4n) is 2.31. The Kier molecular flexibility index (Phi) is 6.50. The van der Waals surface area contributed by atoms with Crippen molar-refractivity contribution in [2.24, 2.45) is 0 Å². The number of thioether (sulfide) groups is 2. The third kappa shape index (κ3) is 4.63.